The summed E-state index contributed by atoms with van der Waals surface area (Å²) in [7, 11) is 1.47. The number of aliphatic hydroxyl groups is 1. The molecule has 3 heterocycles. The van der Waals surface area contributed by atoms with Crippen LogP contribution in [0.5, 0.6) is 0 Å². The Hall–Kier alpha value is -4.88. The Morgan fingerprint density at radius 1 is 1.03 bits per heavy atom. The maximum absolute atomic E-state index is 15.3. The summed E-state index contributed by atoms with van der Waals surface area (Å²) in [6, 6.07) is 12.2. The molecular weight excluding hydrogens is 783 g/mol. The van der Waals surface area contributed by atoms with Gasteiger partial charge in [-0.05, 0) is 50.0 Å². The summed E-state index contributed by atoms with van der Waals surface area (Å²) >= 11 is 0. The summed E-state index contributed by atoms with van der Waals surface area (Å²) in [4.78, 5) is 75.5. The van der Waals surface area contributed by atoms with Crippen molar-refractivity contribution in [3.05, 3.63) is 77.4 Å². The summed E-state index contributed by atoms with van der Waals surface area (Å²) in [6.07, 6.45) is -5.87. The predicted octanol–water partition coefficient (Wildman–Crippen LogP) is 3.02. The van der Waals surface area contributed by atoms with Gasteiger partial charge in [0.05, 0.1) is 19.2 Å². The van der Waals surface area contributed by atoms with Gasteiger partial charge in [0, 0.05) is 32.4 Å². The Kier molecular flexibility index (Phi) is 13.2. The molecule has 3 aliphatic heterocycles. The highest BCUT2D eigenvalue weighted by molar-refractivity contribution is 5.96. The summed E-state index contributed by atoms with van der Waals surface area (Å²) in [5.41, 5.74) is -0.518. The fourth-order valence-corrected chi connectivity index (χ4v) is 8.00. The molecule has 8 unspecified atom stereocenters. The van der Waals surface area contributed by atoms with Crippen molar-refractivity contribution < 1.29 is 70.8 Å². The maximum atomic E-state index is 15.3. The van der Waals surface area contributed by atoms with Crippen LogP contribution in [0, 0.1) is 5.41 Å². The number of esters is 3. The molecule has 18 heteroatoms. The molecule has 0 spiro atoms. The first-order valence-electron chi connectivity index (χ1n) is 19.2. The predicted molar refractivity (Wildman–Crippen MR) is 199 cm³/mol. The van der Waals surface area contributed by atoms with Crippen LogP contribution in [0.25, 0.3) is 6.08 Å². The number of nitrogens with one attached hydrogen (secondary N) is 1. The molecule has 6 rings (SSSR count). The van der Waals surface area contributed by atoms with Crippen molar-refractivity contribution in [1.82, 2.24) is 15.3 Å². The second-order valence-corrected chi connectivity index (χ2v) is 16.0. The number of fused-ring (bicyclic) bond motifs is 4. The van der Waals surface area contributed by atoms with Crippen molar-refractivity contribution in [2.45, 2.75) is 107 Å². The Morgan fingerprint density at radius 2 is 1.73 bits per heavy atom. The number of hydrogen-bond acceptors (Lipinski definition) is 13. The SMILES string of the molecule is CN(C(=O)C12CC3OC(=O)C1N(Cc1ccc(C=CC(=O)OCC(F)(F)F)cc1)OC2C1OCOC31)C(Cc1ccccc1)C(=O)NC(CO)CCC(=O)OC(C)(C)C. The molecular formula is C41H48F3N3O12. The Bertz CT molecular complexity index is 1890. The summed E-state index contributed by atoms with van der Waals surface area (Å²) in [6.45, 7) is 2.85. The van der Waals surface area contributed by atoms with E-state index in [0.717, 1.165) is 11.6 Å². The number of benzene rings is 2. The molecule has 8 atom stereocenters. The first-order chi connectivity index (χ1) is 27.9. The van der Waals surface area contributed by atoms with E-state index in [4.69, 9.17) is 23.8 Å². The van der Waals surface area contributed by atoms with Crippen LogP contribution in [0.15, 0.2) is 60.7 Å². The van der Waals surface area contributed by atoms with Gasteiger partial charge < -0.3 is 39.0 Å². The van der Waals surface area contributed by atoms with Crippen LogP contribution in [-0.4, -0.2) is 126 Å². The number of amides is 2. The van der Waals surface area contributed by atoms with E-state index in [2.05, 4.69) is 10.1 Å². The molecule has 0 radical (unpaired) electrons. The fourth-order valence-electron chi connectivity index (χ4n) is 8.00. The normalized spacial score (nSPS) is 26.1. The van der Waals surface area contributed by atoms with Gasteiger partial charge in [0.1, 0.15) is 48.3 Å². The van der Waals surface area contributed by atoms with Crippen molar-refractivity contribution >= 4 is 35.8 Å². The standard InChI is InChI=1S/C41H48F3N3O12/c1-39(2,3)58-31(50)17-15-27(21-48)45-36(51)28(18-25-8-6-5-7-9-25)46(4)38(53)40-19-29-32-33(56-23-55-32)35(40)59-47(34(40)37(52)57-29)20-26-12-10-24(11-13-26)14-16-30(49)54-22-41(42,43)44/h5-14,16,27-29,32-35,48H,15,17-23H2,1-4H3,(H,45,51). The van der Waals surface area contributed by atoms with Gasteiger partial charge in [-0.3, -0.25) is 24.0 Å². The highest BCUT2D eigenvalue weighted by atomic mass is 19.4. The average Bonchev–Trinajstić information content (AvgIpc) is 3.81. The Balaban J connectivity index is 1.25. The van der Waals surface area contributed by atoms with Crippen LogP contribution in [0.1, 0.15) is 56.7 Å². The van der Waals surface area contributed by atoms with Crippen LogP contribution >= 0.6 is 0 Å². The molecule has 4 aliphatic rings. The van der Waals surface area contributed by atoms with Crippen LogP contribution in [0.2, 0.25) is 0 Å². The van der Waals surface area contributed by atoms with Gasteiger partial charge in [0.2, 0.25) is 11.8 Å². The zero-order valence-electron chi connectivity index (χ0n) is 33.0. The van der Waals surface area contributed by atoms with E-state index in [-0.39, 0.29) is 39.0 Å². The summed E-state index contributed by atoms with van der Waals surface area (Å²) in [5.74, 6) is -3.57. The van der Waals surface area contributed by atoms with Gasteiger partial charge in [-0.1, -0.05) is 54.6 Å². The van der Waals surface area contributed by atoms with Gasteiger partial charge in [-0.2, -0.15) is 18.2 Å². The molecule has 59 heavy (non-hydrogen) atoms. The molecule has 320 valence electrons. The molecule has 0 aromatic heterocycles. The van der Waals surface area contributed by atoms with Gasteiger partial charge in [-0.15, -0.1) is 0 Å². The molecule has 2 N–H and O–H groups in total. The lowest BCUT2D eigenvalue weighted by Gasteiger charge is -2.50. The largest absolute Gasteiger partial charge is 0.460 e. The molecule has 15 nitrogen and oxygen atoms in total. The monoisotopic (exact) mass is 831 g/mol. The van der Waals surface area contributed by atoms with E-state index < -0.39 is 103 Å². The van der Waals surface area contributed by atoms with Crippen LogP contribution in [0.3, 0.4) is 0 Å². The van der Waals surface area contributed by atoms with E-state index in [1.807, 2.05) is 6.07 Å². The van der Waals surface area contributed by atoms with E-state index in [9.17, 15) is 37.5 Å². The third-order valence-electron chi connectivity index (χ3n) is 10.6. The van der Waals surface area contributed by atoms with Crippen molar-refractivity contribution in [2.24, 2.45) is 5.41 Å². The van der Waals surface area contributed by atoms with Gasteiger partial charge in [0.15, 0.2) is 12.6 Å². The average molecular weight is 832 g/mol. The van der Waals surface area contributed by atoms with E-state index >= 15 is 4.79 Å². The Labute approximate surface area is 338 Å². The summed E-state index contributed by atoms with van der Waals surface area (Å²) in [5, 5.41) is 14.4. The molecule has 2 bridgehead atoms. The number of likely N-dealkylation sites (N-methyl/N-ethyl adjacent to an activating group) is 1. The molecule has 1 saturated carbocycles. The van der Waals surface area contributed by atoms with E-state index in [1.54, 1.807) is 69.3 Å². The van der Waals surface area contributed by atoms with E-state index in [1.165, 1.54) is 23.1 Å². The smallest absolute Gasteiger partial charge is 0.422 e. The summed E-state index contributed by atoms with van der Waals surface area (Å²) < 4.78 is 64.5. The Morgan fingerprint density at radius 3 is 2.39 bits per heavy atom. The minimum absolute atomic E-state index is 0.00126. The first kappa shape index (κ1) is 43.7. The number of carbonyl (C=O) groups excluding carboxylic acids is 5. The molecule has 2 aromatic carbocycles. The van der Waals surface area contributed by atoms with Crippen molar-refractivity contribution in [3.8, 4) is 0 Å². The van der Waals surface area contributed by atoms with Crippen LogP contribution in [-0.2, 0) is 65.5 Å². The zero-order valence-corrected chi connectivity index (χ0v) is 33.0. The molecule has 4 fully saturated rings. The minimum atomic E-state index is -4.66. The number of nitrogens with zero attached hydrogens (tertiary/aromatic N) is 2. The third kappa shape index (κ3) is 10.1. The number of carbonyl (C=O) groups is 5. The maximum Gasteiger partial charge on any atom is 0.422 e. The van der Waals surface area contributed by atoms with Crippen LogP contribution in [0.4, 0.5) is 13.2 Å². The number of rotatable bonds is 15. The number of hydroxylamine groups is 2. The molecule has 2 amide bonds. The number of ether oxygens (including phenoxy) is 5. The van der Waals surface area contributed by atoms with E-state index in [0.29, 0.717) is 11.1 Å². The topological polar surface area (TPSA) is 179 Å². The van der Waals surface area contributed by atoms with Crippen molar-refractivity contribution in [3.63, 3.8) is 0 Å². The lowest BCUT2D eigenvalue weighted by Crippen LogP contribution is -2.70. The number of hydrogen-bond donors (Lipinski definition) is 2. The fraction of sp³-hybridized carbons (Fsp3) is 0.537. The van der Waals surface area contributed by atoms with Gasteiger partial charge >= 0.3 is 24.1 Å². The quantitative estimate of drug-likeness (QED) is 0.152. The van der Waals surface area contributed by atoms with Crippen molar-refractivity contribution in [1.29, 1.82) is 0 Å². The first-order valence-corrected chi connectivity index (χ1v) is 19.2. The van der Waals surface area contributed by atoms with Crippen LogP contribution < -0.4 is 5.32 Å². The zero-order chi connectivity index (χ0) is 42.7. The molecule has 1 aliphatic carbocycles. The number of aliphatic hydroxyl groups excluding tert-OH is 1. The van der Waals surface area contributed by atoms with Gasteiger partial charge in [0.25, 0.3) is 0 Å². The minimum Gasteiger partial charge on any atom is -0.460 e. The third-order valence-corrected chi connectivity index (χ3v) is 10.6. The molecule has 3 saturated heterocycles. The van der Waals surface area contributed by atoms with Gasteiger partial charge in [-0.25, -0.2) is 4.79 Å². The highest BCUT2D eigenvalue weighted by Gasteiger charge is 2.75. The lowest BCUT2D eigenvalue weighted by molar-refractivity contribution is -0.204. The second-order valence-electron chi connectivity index (χ2n) is 16.0. The van der Waals surface area contributed by atoms with Crippen molar-refractivity contribution in [2.75, 3.05) is 27.1 Å². The number of alkyl halides is 3. The molecule has 2 aromatic rings. The number of halogens is 3. The second kappa shape index (κ2) is 17.8. The lowest BCUT2D eigenvalue weighted by atomic mass is 9.62. The highest BCUT2D eigenvalue weighted by Crippen LogP contribution is 2.56.